The standard InChI is InChI=1S/C25H28Cl2N4O2S/c1-17-5-2-3-7-21(17)24-29-23(33-30-24)15-31-11-4-6-18(14-31)25(32)28-10-12-34-16-19-8-9-20(26)13-22(19)27/h2-3,5,7-9,13,18H,4,6,10-12,14-16H2,1H3,(H,28,32). The number of nitrogens with zero attached hydrogens (tertiary/aromatic N) is 3. The molecule has 34 heavy (non-hydrogen) atoms. The monoisotopic (exact) mass is 518 g/mol. The number of piperidine rings is 1. The van der Waals surface area contributed by atoms with Crippen molar-refractivity contribution < 1.29 is 9.32 Å². The van der Waals surface area contributed by atoms with E-state index in [1.807, 2.05) is 43.3 Å². The Morgan fingerprint density at radius 1 is 1.26 bits per heavy atom. The fourth-order valence-electron chi connectivity index (χ4n) is 4.07. The van der Waals surface area contributed by atoms with Gasteiger partial charge in [0.05, 0.1) is 12.5 Å². The maximum atomic E-state index is 12.7. The van der Waals surface area contributed by atoms with Gasteiger partial charge < -0.3 is 9.84 Å². The quantitative estimate of drug-likeness (QED) is 0.371. The van der Waals surface area contributed by atoms with E-state index in [9.17, 15) is 4.79 Å². The molecule has 2 aromatic carbocycles. The number of halogens is 2. The molecule has 1 aromatic heterocycles. The van der Waals surface area contributed by atoms with Crippen LogP contribution >= 0.6 is 35.0 Å². The summed E-state index contributed by atoms with van der Waals surface area (Å²) in [6.07, 6.45) is 1.87. The number of carbonyl (C=O) groups is 1. The van der Waals surface area contributed by atoms with Gasteiger partial charge >= 0.3 is 0 Å². The molecule has 2 heterocycles. The van der Waals surface area contributed by atoms with Gasteiger partial charge in [-0.3, -0.25) is 9.69 Å². The minimum Gasteiger partial charge on any atom is -0.355 e. The molecule has 1 aliphatic heterocycles. The molecule has 9 heteroatoms. The molecule has 1 unspecified atom stereocenters. The highest BCUT2D eigenvalue weighted by molar-refractivity contribution is 7.98. The molecule has 0 saturated carbocycles. The molecular formula is C25H28Cl2N4O2S. The van der Waals surface area contributed by atoms with Crippen molar-refractivity contribution in [1.29, 1.82) is 0 Å². The Balaban J connectivity index is 1.20. The third kappa shape index (κ3) is 6.75. The van der Waals surface area contributed by atoms with E-state index in [1.54, 1.807) is 17.8 Å². The van der Waals surface area contributed by atoms with Gasteiger partial charge in [-0.15, -0.1) is 0 Å². The fraction of sp³-hybridized carbons (Fsp3) is 0.400. The number of hydrogen-bond donors (Lipinski definition) is 1. The third-order valence-electron chi connectivity index (χ3n) is 5.91. The summed E-state index contributed by atoms with van der Waals surface area (Å²) >= 11 is 13.9. The number of carbonyl (C=O) groups excluding carboxylic acids is 1. The first-order valence-electron chi connectivity index (χ1n) is 11.4. The van der Waals surface area contributed by atoms with Crippen molar-refractivity contribution in [3.05, 3.63) is 69.5 Å². The van der Waals surface area contributed by atoms with Gasteiger partial charge in [-0.25, -0.2) is 0 Å². The van der Waals surface area contributed by atoms with Crippen LogP contribution in [0, 0.1) is 12.8 Å². The Labute approximate surface area is 214 Å². The first-order valence-corrected chi connectivity index (χ1v) is 13.3. The summed E-state index contributed by atoms with van der Waals surface area (Å²) in [6.45, 7) is 4.84. The highest BCUT2D eigenvalue weighted by Crippen LogP contribution is 2.25. The lowest BCUT2D eigenvalue weighted by atomic mass is 9.97. The summed E-state index contributed by atoms with van der Waals surface area (Å²) in [5.41, 5.74) is 3.14. The van der Waals surface area contributed by atoms with E-state index in [0.29, 0.717) is 41.4 Å². The van der Waals surface area contributed by atoms with Gasteiger partial charge in [0.2, 0.25) is 17.6 Å². The van der Waals surface area contributed by atoms with E-state index in [1.165, 1.54) is 0 Å². The van der Waals surface area contributed by atoms with Crippen LogP contribution in [0.5, 0.6) is 0 Å². The molecule has 1 fully saturated rings. The van der Waals surface area contributed by atoms with Gasteiger partial charge in [0.1, 0.15) is 0 Å². The second-order valence-corrected chi connectivity index (χ2v) is 10.4. The van der Waals surface area contributed by atoms with E-state index in [4.69, 9.17) is 27.7 Å². The molecule has 4 rings (SSSR count). The summed E-state index contributed by atoms with van der Waals surface area (Å²) in [5, 5.41) is 8.55. The Kier molecular flexibility index (Phi) is 8.89. The average molecular weight is 519 g/mol. The summed E-state index contributed by atoms with van der Waals surface area (Å²) in [7, 11) is 0. The Morgan fingerprint density at radius 2 is 2.12 bits per heavy atom. The summed E-state index contributed by atoms with van der Waals surface area (Å²) in [5.74, 6) is 2.89. The highest BCUT2D eigenvalue weighted by Gasteiger charge is 2.26. The summed E-state index contributed by atoms with van der Waals surface area (Å²) < 4.78 is 5.49. The molecular weight excluding hydrogens is 491 g/mol. The number of thioether (sulfide) groups is 1. The van der Waals surface area contributed by atoms with Crippen molar-refractivity contribution in [1.82, 2.24) is 20.4 Å². The molecule has 1 atom stereocenters. The molecule has 1 N–H and O–H groups in total. The number of benzene rings is 2. The van der Waals surface area contributed by atoms with Crippen LogP contribution in [0.2, 0.25) is 10.0 Å². The van der Waals surface area contributed by atoms with E-state index < -0.39 is 0 Å². The van der Waals surface area contributed by atoms with Gasteiger partial charge in [-0.2, -0.15) is 16.7 Å². The zero-order chi connectivity index (χ0) is 23.9. The van der Waals surface area contributed by atoms with Crippen LogP contribution in [-0.4, -0.2) is 46.3 Å². The normalized spacial score (nSPS) is 16.5. The molecule has 6 nitrogen and oxygen atoms in total. The number of hydrogen-bond acceptors (Lipinski definition) is 6. The lowest BCUT2D eigenvalue weighted by molar-refractivity contribution is -0.126. The number of aryl methyl sites for hydroxylation is 1. The molecule has 180 valence electrons. The molecule has 1 saturated heterocycles. The predicted molar refractivity (Wildman–Crippen MR) is 138 cm³/mol. The minimum atomic E-state index is -0.0248. The second-order valence-electron chi connectivity index (χ2n) is 8.48. The van der Waals surface area contributed by atoms with Gasteiger partial charge in [0.25, 0.3) is 0 Å². The maximum Gasteiger partial charge on any atom is 0.241 e. The fourth-order valence-corrected chi connectivity index (χ4v) is 5.49. The largest absolute Gasteiger partial charge is 0.355 e. The lowest BCUT2D eigenvalue weighted by Crippen LogP contribution is -2.43. The van der Waals surface area contributed by atoms with Gasteiger partial charge in [-0.1, -0.05) is 58.7 Å². The molecule has 0 spiro atoms. The zero-order valence-corrected chi connectivity index (χ0v) is 21.4. The van der Waals surface area contributed by atoms with Crippen molar-refractivity contribution in [2.75, 3.05) is 25.4 Å². The van der Waals surface area contributed by atoms with Crippen molar-refractivity contribution in [3.63, 3.8) is 0 Å². The number of amides is 1. The SMILES string of the molecule is Cc1ccccc1-c1noc(CN2CCCC(C(=O)NCCSCc3ccc(Cl)cc3Cl)C2)n1. The van der Waals surface area contributed by atoms with Crippen LogP contribution in [0.1, 0.15) is 29.9 Å². The Hall–Kier alpha value is -2.06. The maximum absolute atomic E-state index is 12.7. The van der Waals surface area contributed by atoms with Crippen LogP contribution in [0.4, 0.5) is 0 Å². The van der Waals surface area contributed by atoms with Crippen LogP contribution in [0.25, 0.3) is 11.4 Å². The van der Waals surface area contributed by atoms with Crippen LogP contribution in [0.15, 0.2) is 47.0 Å². The minimum absolute atomic E-state index is 0.0248. The first-order chi connectivity index (χ1) is 16.5. The molecule has 0 bridgehead atoms. The van der Waals surface area contributed by atoms with Crippen LogP contribution in [0.3, 0.4) is 0 Å². The molecule has 1 aliphatic rings. The Morgan fingerprint density at radius 3 is 2.94 bits per heavy atom. The number of likely N-dealkylation sites (tertiary alicyclic amines) is 1. The molecule has 3 aromatic rings. The predicted octanol–water partition coefficient (Wildman–Crippen LogP) is 5.61. The summed E-state index contributed by atoms with van der Waals surface area (Å²) in [6, 6.07) is 13.5. The van der Waals surface area contributed by atoms with Gasteiger partial charge in [0.15, 0.2) is 0 Å². The van der Waals surface area contributed by atoms with E-state index >= 15 is 0 Å². The number of nitrogens with one attached hydrogen (secondary N) is 1. The lowest BCUT2D eigenvalue weighted by Gasteiger charge is -2.30. The van der Waals surface area contributed by atoms with Crippen molar-refractivity contribution >= 4 is 40.9 Å². The highest BCUT2D eigenvalue weighted by atomic mass is 35.5. The van der Waals surface area contributed by atoms with Crippen molar-refractivity contribution in [2.45, 2.75) is 32.1 Å². The van der Waals surface area contributed by atoms with E-state index in [-0.39, 0.29) is 11.8 Å². The van der Waals surface area contributed by atoms with E-state index in [2.05, 4.69) is 20.4 Å². The zero-order valence-electron chi connectivity index (χ0n) is 19.1. The van der Waals surface area contributed by atoms with Gasteiger partial charge in [-0.05, 0) is 49.6 Å². The van der Waals surface area contributed by atoms with Crippen molar-refractivity contribution in [2.24, 2.45) is 5.92 Å². The molecule has 0 radical (unpaired) electrons. The van der Waals surface area contributed by atoms with Crippen LogP contribution < -0.4 is 5.32 Å². The van der Waals surface area contributed by atoms with Crippen LogP contribution in [-0.2, 0) is 17.1 Å². The molecule has 1 amide bonds. The molecule has 0 aliphatic carbocycles. The smallest absolute Gasteiger partial charge is 0.241 e. The first kappa shape index (κ1) is 25.0. The number of rotatable bonds is 9. The number of aromatic nitrogens is 2. The summed E-state index contributed by atoms with van der Waals surface area (Å²) in [4.78, 5) is 19.5. The van der Waals surface area contributed by atoms with Crippen molar-refractivity contribution in [3.8, 4) is 11.4 Å². The average Bonchev–Trinajstić information content (AvgIpc) is 3.28. The Bertz CT molecular complexity index is 1120. The van der Waals surface area contributed by atoms with Gasteiger partial charge in [0, 0.05) is 40.2 Å². The third-order valence-corrected chi connectivity index (χ3v) is 7.50. The topological polar surface area (TPSA) is 71.3 Å². The van der Waals surface area contributed by atoms with E-state index in [0.717, 1.165) is 47.6 Å². The second kappa shape index (κ2) is 12.1.